The number of benzene rings is 1. The van der Waals surface area contributed by atoms with Gasteiger partial charge in [-0.05, 0) is 25.0 Å². The molecule has 1 atom stereocenters. The monoisotopic (exact) mass is 293 g/mol. The highest BCUT2D eigenvalue weighted by Crippen LogP contribution is 2.18. The van der Waals surface area contributed by atoms with Crippen LogP contribution >= 0.6 is 0 Å². The van der Waals surface area contributed by atoms with E-state index in [4.69, 9.17) is 15.7 Å². The lowest BCUT2D eigenvalue weighted by atomic mass is 10.0. The number of amidine groups is 1. The average Bonchev–Trinajstić information content (AvgIpc) is 2.52. The fourth-order valence-corrected chi connectivity index (χ4v) is 2.02. The molecule has 0 aliphatic heterocycles. The normalized spacial score (nSPS) is 14.6. The van der Waals surface area contributed by atoms with Crippen molar-refractivity contribution in [1.29, 1.82) is 0 Å². The number of carbonyl (C=O) groups is 1. The molecule has 0 fully saturated rings. The van der Waals surface area contributed by atoms with Gasteiger partial charge in [0.25, 0.3) is 5.91 Å². The summed E-state index contributed by atoms with van der Waals surface area (Å²) in [7, 11) is 3.26. The van der Waals surface area contributed by atoms with Gasteiger partial charge in [0.05, 0.1) is 0 Å². The molecule has 0 spiro atoms. The number of amides is 1. The lowest BCUT2D eigenvalue weighted by Crippen LogP contribution is -2.46. The molecule has 0 aromatic heterocycles. The summed E-state index contributed by atoms with van der Waals surface area (Å²) in [6.07, 6.45) is 0.594. The lowest BCUT2D eigenvalue weighted by Gasteiger charge is -2.30. The summed E-state index contributed by atoms with van der Waals surface area (Å²) < 4.78 is 5.32. The van der Waals surface area contributed by atoms with Gasteiger partial charge in [-0.1, -0.05) is 30.3 Å². The number of ether oxygens (including phenoxy) is 1. The van der Waals surface area contributed by atoms with Crippen LogP contribution in [-0.4, -0.2) is 41.6 Å². The molecule has 1 unspecified atom stereocenters. The first-order valence-corrected chi connectivity index (χ1v) is 6.75. The summed E-state index contributed by atoms with van der Waals surface area (Å²) >= 11 is 0. The minimum atomic E-state index is -0.821. The van der Waals surface area contributed by atoms with Gasteiger partial charge in [0.15, 0.2) is 5.84 Å². The molecule has 1 rings (SSSR count). The molecule has 21 heavy (non-hydrogen) atoms. The first-order valence-electron chi connectivity index (χ1n) is 6.75. The maximum atomic E-state index is 12.4. The summed E-state index contributed by atoms with van der Waals surface area (Å²) in [6.45, 7) is 4.11. The first-order chi connectivity index (χ1) is 9.87. The van der Waals surface area contributed by atoms with E-state index in [1.165, 1.54) is 7.11 Å². The summed E-state index contributed by atoms with van der Waals surface area (Å²) in [5, 5.41) is 11.7. The molecule has 3 N–H and O–H groups in total. The topological polar surface area (TPSA) is 88.2 Å². The van der Waals surface area contributed by atoms with Gasteiger partial charge in [0, 0.05) is 26.3 Å². The number of rotatable bonds is 6. The van der Waals surface area contributed by atoms with Gasteiger partial charge in [-0.15, -0.1) is 0 Å². The highest BCUT2D eigenvalue weighted by Gasteiger charge is 2.33. The van der Waals surface area contributed by atoms with Crippen molar-refractivity contribution in [3.8, 4) is 0 Å². The Bertz CT molecular complexity index is 525. The maximum Gasteiger partial charge on any atom is 0.254 e. The first kappa shape index (κ1) is 17.0. The van der Waals surface area contributed by atoms with Crippen molar-refractivity contribution in [2.45, 2.75) is 32.4 Å². The van der Waals surface area contributed by atoms with Crippen LogP contribution in [0.1, 0.15) is 31.4 Å². The van der Waals surface area contributed by atoms with Crippen LogP contribution in [0.15, 0.2) is 29.4 Å². The molecule has 0 aliphatic rings. The molecule has 6 heteroatoms. The Kier molecular flexibility index (Phi) is 5.72. The Morgan fingerprint density at radius 2 is 2.19 bits per heavy atom. The predicted octanol–water partition coefficient (Wildman–Crippen LogP) is 1.55. The molecule has 1 aromatic carbocycles. The van der Waals surface area contributed by atoms with Crippen LogP contribution in [0.5, 0.6) is 0 Å². The van der Waals surface area contributed by atoms with E-state index in [9.17, 15) is 4.79 Å². The zero-order valence-electron chi connectivity index (χ0n) is 13.0. The van der Waals surface area contributed by atoms with Gasteiger partial charge in [-0.25, -0.2) is 0 Å². The van der Waals surface area contributed by atoms with Gasteiger partial charge in [-0.3, -0.25) is 4.79 Å². The fraction of sp³-hybridized carbons (Fsp3) is 0.467. The van der Waals surface area contributed by atoms with Crippen LogP contribution < -0.4 is 5.73 Å². The zero-order chi connectivity index (χ0) is 16.0. The zero-order valence-corrected chi connectivity index (χ0v) is 13.0. The van der Waals surface area contributed by atoms with Crippen LogP contribution in [0, 0.1) is 0 Å². The number of methoxy groups -OCH3 is 1. The third-order valence-corrected chi connectivity index (χ3v) is 3.67. The number of hydrogen-bond donors (Lipinski definition) is 2. The number of carbonyl (C=O) groups excluding carboxylic acids is 1. The van der Waals surface area contributed by atoms with Crippen LogP contribution in [0.2, 0.25) is 0 Å². The van der Waals surface area contributed by atoms with Crippen molar-refractivity contribution in [1.82, 2.24) is 4.90 Å². The summed E-state index contributed by atoms with van der Waals surface area (Å²) in [6, 6.07) is 7.21. The van der Waals surface area contributed by atoms with Gasteiger partial charge in [0.2, 0.25) is 0 Å². The molecule has 0 bridgehead atoms. The molecule has 6 nitrogen and oxygen atoms in total. The third-order valence-electron chi connectivity index (χ3n) is 3.67. The highest BCUT2D eigenvalue weighted by molar-refractivity contribution is 5.97. The molecule has 0 aliphatic carbocycles. The number of oxime groups is 1. The standard InChI is InChI=1S/C15H23N3O3/c1-5-15(2,21-4)14(19)18(3)10-11-7-6-8-12(9-11)13(16)17-20/h6-9,20H,5,10H2,1-4H3,(H2,16,17). The summed E-state index contributed by atoms with van der Waals surface area (Å²) in [5.41, 5.74) is 6.25. The number of nitrogens with zero attached hydrogens (tertiary/aromatic N) is 2. The predicted molar refractivity (Wildman–Crippen MR) is 81.1 cm³/mol. The number of hydrogen-bond acceptors (Lipinski definition) is 4. The molecule has 0 heterocycles. The largest absolute Gasteiger partial charge is 0.409 e. The Morgan fingerprint density at radius 1 is 1.52 bits per heavy atom. The van der Waals surface area contributed by atoms with E-state index in [-0.39, 0.29) is 11.7 Å². The van der Waals surface area contributed by atoms with Crippen molar-refractivity contribution in [3.05, 3.63) is 35.4 Å². The van der Waals surface area contributed by atoms with E-state index in [0.29, 0.717) is 18.5 Å². The molecule has 1 aromatic rings. The van der Waals surface area contributed by atoms with Crippen molar-refractivity contribution < 1.29 is 14.7 Å². The van der Waals surface area contributed by atoms with Crippen LogP contribution in [-0.2, 0) is 16.1 Å². The molecule has 0 saturated carbocycles. The minimum Gasteiger partial charge on any atom is -0.409 e. The minimum absolute atomic E-state index is 0.0427. The molecule has 0 radical (unpaired) electrons. The Labute approximate surface area is 125 Å². The smallest absolute Gasteiger partial charge is 0.254 e. The lowest BCUT2D eigenvalue weighted by molar-refractivity contribution is -0.152. The second kappa shape index (κ2) is 7.08. The SMILES string of the molecule is CCC(C)(OC)C(=O)N(C)Cc1cccc(/C(N)=N/O)c1. The summed E-state index contributed by atoms with van der Waals surface area (Å²) in [5.74, 6) is -0.0391. The van der Waals surface area contributed by atoms with Gasteiger partial charge < -0.3 is 20.6 Å². The maximum absolute atomic E-state index is 12.4. The average molecular weight is 293 g/mol. The van der Waals surface area contributed by atoms with Gasteiger partial charge in [0.1, 0.15) is 5.60 Å². The second-order valence-electron chi connectivity index (χ2n) is 5.14. The Balaban J connectivity index is 2.89. The Morgan fingerprint density at radius 3 is 2.71 bits per heavy atom. The number of nitrogens with two attached hydrogens (primary N) is 1. The van der Waals surface area contributed by atoms with E-state index < -0.39 is 5.60 Å². The van der Waals surface area contributed by atoms with Crippen LogP contribution in [0.4, 0.5) is 0 Å². The molecule has 1 amide bonds. The molecular formula is C15H23N3O3. The van der Waals surface area contributed by atoms with E-state index in [0.717, 1.165) is 5.56 Å². The molecule has 116 valence electrons. The Hall–Kier alpha value is -2.08. The fourth-order valence-electron chi connectivity index (χ4n) is 2.02. The van der Waals surface area contributed by atoms with Crippen molar-refractivity contribution in [2.24, 2.45) is 10.9 Å². The highest BCUT2D eigenvalue weighted by atomic mass is 16.5. The van der Waals surface area contributed by atoms with E-state index >= 15 is 0 Å². The quantitative estimate of drug-likeness (QED) is 0.360. The molecule has 0 saturated heterocycles. The van der Waals surface area contributed by atoms with E-state index in [1.807, 2.05) is 13.0 Å². The van der Waals surface area contributed by atoms with E-state index in [1.54, 1.807) is 37.1 Å². The van der Waals surface area contributed by atoms with Crippen LogP contribution in [0.25, 0.3) is 0 Å². The van der Waals surface area contributed by atoms with Crippen molar-refractivity contribution in [2.75, 3.05) is 14.2 Å². The van der Waals surface area contributed by atoms with Gasteiger partial charge in [-0.2, -0.15) is 0 Å². The van der Waals surface area contributed by atoms with Crippen LogP contribution in [0.3, 0.4) is 0 Å². The summed E-state index contributed by atoms with van der Waals surface area (Å²) in [4.78, 5) is 14.0. The second-order valence-corrected chi connectivity index (χ2v) is 5.14. The van der Waals surface area contributed by atoms with E-state index in [2.05, 4.69) is 5.16 Å². The van der Waals surface area contributed by atoms with Gasteiger partial charge >= 0.3 is 0 Å². The molecular weight excluding hydrogens is 270 g/mol. The van der Waals surface area contributed by atoms with Crippen molar-refractivity contribution >= 4 is 11.7 Å². The van der Waals surface area contributed by atoms with Crippen molar-refractivity contribution in [3.63, 3.8) is 0 Å². The third kappa shape index (κ3) is 3.95. The number of likely N-dealkylation sites (N-methyl/N-ethyl adjacent to an activating group) is 1.